The number of ether oxygens (including phenoxy) is 1. The van der Waals surface area contributed by atoms with Crippen LogP contribution in [-0.2, 0) is 19.9 Å². The van der Waals surface area contributed by atoms with E-state index in [0.29, 0.717) is 51.2 Å². The van der Waals surface area contributed by atoms with E-state index in [0.717, 1.165) is 5.01 Å². The number of urea groups is 1. The number of nitrogens with zero attached hydrogens (tertiary/aromatic N) is 3. The molecule has 5 amide bonds. The molecule has 0 saturated carbocycles. The van der Waals surface area contributed by atoms with Gasteiger partial charge in [-0.1, -0.05) is 51.1 Å². The molecule has 1 aromatic rings. The molecule has 180 valence electrons. The Hall–Kier alpha value is -3.14. The van der Waals surface area contributed by atoms with Gasteiger partial charge in [0.15, 0.2) is 0 Å². The number of nitrogens with one attached hydrogen (secondary N) is 2. The first-order valence-corrected chi connectivity index (χ1v) is 11.4. The van der Waals surface area contributed by atoms with Gasteiger partial charge in [0, 0.05) is 26.2 Å². The Morgan fingerprint density at radius 3 is 2.52 bits per heavy atom. The molecule has 2 saturated heterocycles. The van der Waals surface area contributed by atoms with Gasteiger partial charge in [-0.05, 0) is 24.3 Å². The summed E-state index contributed by atoms with van der Waals surface area (Å²) >= 11 is 0. The number of benzene rings is 1. The monoisotopic (exact) mass is 459 g/mol. The van der Waals surface area contributed by atoms with E-state index in [9.17, 15) is 19.2 Å². The molecule has 0 radical (unpaired) electrons. The smallest absolute Gasteiger partial charge is 0.409 e. The van der Waals surface area contributed by atoms with Crippen molar-refractivity contribution in [1.29, 1.82) is 0 Å². The lowest BCUT2D eigenvalue weighted by Crippen LogP contribution is -2.51. The zero-order valence-electron chi connectivity index (χ0n) is 19.5. The standard InChI is InChI=1S/C23H33N5O5/c1-4-23(18-9-6-5-7-10-18)20(30)28(21(31)24-23)25-19(29)15-26-11-8-12-27(14-13-26)22(32)33-16-17(2)3/h5-7,9-10,17H,4,8,11-16H2,1-3H3,(H,24,31)(H,25,29). The molecular weight excluding hydrogens is 426 g/mol. The van der Waals surface area contributed by atoms with Crippen molar-refractivity contribution in [2.45, 2.75) is 39.2 Å². The second-order valence-corrected chi connectivity index (χ2v) is 8.82. The first-order chi connectivity index (χ1) is 15.8. The van der Waals surface area contributed by atoms with E-state index in [1.54, 1.807) is 29.2 Å². The van der Waals surface area contributed by atoms with E-state index in [1.807, 2.05) is 31.7 Å². The van der Waals surface area contributed by atoms with Crippen LogP contribution < -0.4 is 10.7 Å². The van der Waals surface area contributed by atoms with E-state index < -0.39 is 23.4 Å². The summed E-state index contributed by atoms with van der Waals surface area (Å²) in [7, 11) is 0. The molecule has 2 aliphatic heterocycles. The molecule has 0 spiro atoms. The molecule has 2 fully saturated rings. The van der Waals surface area contributed by atoms with E-state index in [1.165, 1.54) is 0 Å². The molecule has 0 aliphatic carbocycles. The predicted octanol–water partition coefficient (Wildman–Crippen LogP) is 1.68. The highest BCUT2D eigenvalue weighted by Gasteiger charge is 2.52. The fourth-order valence-electron chi connectivity index (χ4n) is 4.04. The third kappa shape index (κ3) is 5.62. The predicted molar refractivity (Wildman–Crippen MR) is 121 cm³/mol. The van der Waals surface area contributed by atoms with Gasteiger partial charge in [0.25, 0.3) is 11.8 Å². The van der Waals surface area contributed by atoms with Crippen molar-refractivity contribution in [3.8, 4) is 0 Å². The minimum Gasteiger partial charge on any atom is -0.449 e. The average Bonchev–Trinajstić information content (AvgIpc) is 2.94. The fourth-order valence-corrected chi connectivity index (χ4v) is 4.04. The van der Waals surface area contributed by atoms with Gasteiger partial charge in [0.05, 0.1) is 13.2 Å². The Morgan fingerprint density at radius 1 is 1.12 bits per heavy atom. The number of imide groups is 1. The summed E-state index contributed by atoms with van der Waals surface area (Å²) in [6.07, 6.45) is 0.703. The van der Waals surface area contributed by atoms with Crippen molar-refractivity contribution < 1.29 is 23.9 Å². The highest BCUT2D eigenvalue weighted by atomic mass is 16.6. The minimum atomic E-state index is -1.20. The lowest BCUT2D eigenvalue weighted by atomic mass is 9.87. The average molecular weight is 460 g/mol. The van der Waals surface area contributed by atoms with Gasteiger partial charge >= 0.3 is 12.1 Å². The number of hydrazine groups is 1. The van der Waals surface area contributed by atoms with E-state index in [2.05, 4.69) is 10.7 Å². The number of carbonyl (C=O) groups excluding carboxylic acids is 4. The summed E-state index contributed by atoms with van der Waals surface area (Å²) < 4.78 is 5.29. The van der Waals surface area contributed by atoms with Crippen LogP contribution in [0.2, 0.25) is 0 Å². The third-order valence-corrected chi connectivity index (χ3v) is 5.88. The van der Waals surface area contributed by atoms with Gasteiger partial charge in [-0.2, -0.15) is 5.01 Å². The van der Waals surface area contributed by atoms with Crippen molar-refractivity contribution in [3.05, 3.63) is 35.9 Å². The van der Waals surface area contributed by atoms with Crippen LogP contribution in [0, 0.1) is 5.92 Å². The highest BCUT2D eigenvalue weighted by molar-refractivity contribution is 6.08. The highest BCUT2D eigenvalue weighted by Crippen LogP contribution is 2.31. The van der Waals surface area contributed by atoms with Crippen LogP contribution >= 0.6 is 0 Å². The first kappa shape index (κ1) is 24.5. The molecule has 0 aromatic heterocycles. The summed E-state index contributed by atoms with van der Waals surface area (Å²) in [6.45, 7) is 8.26. The Kier molecular flexibility index (Phi) is 7.91. The third-order valence-electron chi connectivity index (χ3n) is 5.88. The van der Waals surface area contributed by atoms with E-state index in [-0.39, 0.29) is 18.6 Å². The molecule has 2 aliphatic rings. The van der Waals surface area contributed by atoms with Crippen molar-refractivity contribution in [2.24, 2.45) is 5.92 Å². The molecule has 0 bridgehead atoms. The van der Waals surface area contributed by atoms with Gasteiger partial charge in [-0.15, -0.1) is 0 Å². The normalized spacial score (nSPS) is 21.7. The van der Waals surface area contributed by atoms with Gasteiger partial charge in [0.2, 0.25) is 0 Å². The fraction of sp³-hybridized carbons (Fsp3) is 0.565. The van der Waals surface area contributed by atoms with Crippen LogP contribution in [0.1, 0.15) is 39.2 Å². The molecular formula is C23H33N5O5. The topological polar surface area (TPSA) is 111 Å². The maximum absolute atomic E-state index is 13.1. The summed E-state index contributed by atoms with van der Waals surface area (Å²) in [5, 5.41) is 3.51. The largest absolute Gasteiger partial charge is 0.449 e. The zero-order valence-corrected chi connectivity index (χ0v) is 19.5. The summed E-state index contributed by atoms with van der Waals surface area (Å²) in [6, 6.07) is 8.34. The van der Waals surface area contributed by atoms with E-state index >= 15 is 0 Å². The number of hydrogen-bond acceptors (Lipinski definition) is 6. The number of amides is 5. The van der Waals surface area contributed by atoms with Crippen LogP contribution in [0.25, 0.3) is 0 Å². The van der Waals surface area contributed by atoms with Gasteiger partial charge in [-0.3, -0.25) is 19.9 Å². The molecule has 1 aromatic carbocycles. The zero-order chi connectivity index (χ0) is 24.0. The van der Waals surface area contributed by atoms with Crippen molar-refractivity contribution in [3.63, 3.8) is 0 Å². The molecule has 3 rings (SSSR count). The SMILES string of the molecule is CCC1(c2ccccc2)NC(=O)N(NC(=O)CN2CCCN(C(=O)OCC(C)C)CC2)C1=O. The summed E-state index contributed by atoms with van der Waals surface area (Å²) in [5.74, 6) is -0.709. The van der Waals surface area contributed by atoms with Crippen molar-refractivity contribution in [2.75, 3.05) is 39.3 Å². The summed E-state index contributed by atoms with van der Waals surface area (Å²) in [4.78, 5) is 54.1. The lowest BCUT2D eigenvalue weighted by Gasteiger charge is -2.26. The van der Waals surface area contributed by atoms with Gasteiger partial charge in [-0.25, -0.2) is 9.59 Å². The van der Waals surface area contributed by atoms with Crippen molar-refractivity contribution in [1.82, 2.24) is 25.6 Å². The molecule has 10 nitrogen and oxygen atoms in total. The van der Waals surface area contributed by atoms with Crippen molar-refractivity contribution >= 4 is 23.9 Å². The molecule has 2 heterocycles. The van der Waals surface area contributed by atoms with E-state index in [4.69, 9.17) is 4.74 Å². The molecule has 1 unspecified atom stereocenters. The van der Waals surface area contributed by atoms with Crippen LogP contribution in [0.5, 0.6) is 0 Å². The van der Waals surface area contributed by atoms with Crippen LogP contribution in [-0.4, -0.2) is 78.1 Å². The Morgan fingerprint density at radius 2 is 1.85 bits per heavy atom. The first-order valence-electron chi connectivity index (χ1n) is 11.4. The minimum absolute atomic E-state index is 0.0103. The molecule has 33 heavy (non-hydrogen) atoms. The Labute approximate surface area is 194 Å². The lowest BCUT2D eigenvalue weighted by molar-refractivity contribution is -0.139. The molecule has 10 heteroatoms. The second kappa shape index (κ2) is 10.7. The van der Waals surface area contributed by atoms with Crippen LogP contribution in [0.15, 0.2) is 30.3 Å². The number of rotatable bonds is 7. The Balaban J connectivity index is 1.56. The molecule has 2 N–H and O–H groups in total. The van der Waals surface area contributed by atoms with Crippen LogP contribution in [0.4, 0.5) is 9.59 Å². The number of hydrogen-bond donors (Lipinski definition) is 2. The molecule has 1 atom stereocenters. The van der Waals surface area contributed by atoms with Crippen LogP contribution in [0.3, 0.4) is 0 Å². The maximum Gasteiger partial charge on any atom is 0.409 e. The quantitative estimate of drug-likeness (QED) is 0.600. The Bertz CT molecular complexity index is 877. The number of carbonyl (C=O) groups is 4. The van der Waals surface area contributed by atoms with Gasteiger partial charge < -0.3 is 15.0 Å². The summed E-state index contributed by atoms with van der Waals surface area (Å²) in [5.41, 5.74) is 1.92. The maximum atomic E-state index is 13.1. The second-order valence-electron chi connectivity index (χ2n) is 8.82. The van der Waals surface area contributed by atoms with Gasteiger partial charge in [0.1, 0.15) is 5.54 Å².